The minimum atomic E-state index is -2.94. The monoisotopic (exact) mass is 429 g/mol. The molecule has 0 fully saturated rings. The molecule has 10 heteroatoms. The Hall–Kier alpha value is -3.82. The summed E-state index contributed by atoms with van der Waals surface area (Å²) < 4.78 is 50.6. The Balaban J connectivity index is 1.56. The number of nitrogens with zero attached hydrogens (tertiary/aromatic N) is 4. The van der Waals surface area contributed by atoms with Crippen molar-refractivity contribution in [3.8, 4) is 22.9 Å². The van der Waals surface area contributed by atoms with Crippen LogP contribution in [0.25, 0.3) is 17.0 Å². The number of hydrogen-bond donors (Lipinski definition) is 1. The van der Waals surface area contributed by atoms with Gasteiger partial charge in [0.1, 0.15) is 11.6 Å². The molecule has 4 rings (SSSR count). The van der Waals surface area contributed by atoms with Crippen LogP contribution >= 0.6 is 0 Å². The Morgan fingerprint density at radius 3 is 2.65 bits per heavy atom. The minimum Gasteiger partial charge on any atom is -0.490 e. The summed E-state index contributed by atoms with van der Waals surface area (Å²) in [6.45, 7) is -0.541. The molecule has 0 aliphatic rings. The lowest BCUT2D eigenvalue weighted by Gasteiger charge is -2.13. The third-order valence-electron chi connectivity index (χ3n) is 4.38. The van der Waals surface area contributed by atoms with Crippen molar-refractivity contribution in [1.29, 1.82) is 0 Å². The highest BCUT2D eigenvalue weighted by molar-refractivity contribution is 5.60. The van der Waals surface area contributed by atoms with E-state index in [4.69, 9.17) is 4.74 Å². The van der Waals surface area contributed by atoms with Gasteiger partial charge in [-0.25, -0.2) is 4.39 Å². The maximum Gasteiger partial charge on any atom is 0.387 e. The first-order valence-electron chi connectivity index (χ1n) is 9.47. The molecule has 0 spiro atoms. The lowest BCUT2D eigenvalue weighted by Crippen LogP contribution is -2.07. The van der Waals surface area contributed by atoms with Crippen LogP contribution in [-0.4, -0.2) is 33.0 Å². The van der Waals surface area contributed by atoms with Gasteiger partial charge in [0.2, 0.25) is 0 Å². The molecule has 2 heterocycles. The largest absolute Gasteiger partial charge is 0.490 e. The van der Waals surface area contributed by atoms with Crippen LogP contribution in [0.5, 0.6) is 11.5 Å². The van der Waals surface area contributed by atoms with Crippen molar-refractivity contribution in [2.45, 2.75) is 20.1 Å². The Bertz CT molecular complexity index is 1200. The van der Waals surface area contributed by atoms with Crippen molar-refractivity contribution in [3.63, 3.8) is 0 Å². The van der Waals surface area contributed by atoms with Crippen molar-refractivity contribution in [2.75, 3.05) is 11.9 Å². The van der Waals surface area contributed by atoms with E-state index in [0.717, 1.165) is 5.56 Å². The maximum atomic E-state index is 14.2. The van der Waals surface area contributed by atoms with Gasteiger partial charge in [0.25, 0.3) is 0 Å². The molecule has 4 aromatic rings. The summed E-state index contributed by atoms with van der Waals surface area (Å²) in [7, 11) is 0. The van der Waals surface area contributed by atoms with Gasteiger partial charge in [-0.1, -0.05) is 18.2 Å². The first-order chi connectivity index (χ1) is 15.0. The summed E-state index contributed by atoms with van der Waals surface area (Å²) in [6.07, 6.45) is 0. The Morgan fingerprint density at radius 2 is 1.87 bits per heavy atom. The Morgan fingerprint density at radius 1 is 1.03 bits per heavy atom. The van der Waals surface area contributed by atoms with E-state index >= 15 is 0 Å². The van der Waals surface area contributed by atoms with Gasteiger partial charge in [-0.2, -0.15) is 13.3 Å². The summed E-state index contributed by atoms with van der Waals surface area (Å²) in [5.74, 6) is 0.552. The number of halogens is 3. The Kier molecular flexibility index (Phi) is 5.87. The van der Waals surface area contributed by atoms with E-state index in [9.17, 15) is 13.2 Å². The van der Waals surface area contributed by atoms with E-state index in [2.05, 4.69) is 25.3 Å². The summed E-state index contributed by atoms with van der Waals surface area (Å²) in [5.41, 5.74) is 1.52. The predicted octanol–water partition coefficient (Wildman–Crippen LogP) is 4.54. The van der Waals surface area contributed by atoms with Crippen LogP contribution in [0.15, 0.2) is 54.6 Å². The molecule has 0 unspecified atom stereocenters. The molecular formula is C21H18F3N5O2. The smallest absolute Gasteiger partial charge is 0.387 e. The van der Waals surface area contributed by atoms with E-state index in [1.807, 2.05) is 0 Å². The summed E-state index contributed by atoms with van der Waals surface area (Å²) in [6, 6.07) is 14.4. The van der Waals surface area contributed by atoms with Gasteiger partial charge in [-0.15, -0.1) is 15.3 Å². The van der Waals surface area contributed by atoms with Crippen LogP contribution in [0.4, 0.5) is 19.0 Å². The van der Waals surface area contributed by atoms with Gasteiger partial charge in [0.05, 0.1) is 12.2 Å². The highest BCUT2D eigenvalue weighted by Gasteiger charge is 2.14. The number of anilines is 1. The molecule has 7 nitrogen and oxygen atoms in total. The second kappa shape index (κ2) is 8.90. The van der Waals surface area contributed by atoms with Gasteiger partial charge < -0.3 is 14.8 Å². The molecule has 0 saturated carbocycles. The first kappa shape index (κ1) is 20.5. The number of alkyl halides is 2. The van der Waals surface area contributed by atoms with E-state index in [1.165, 1.54) is 16.6 Å². The molecule has 0 aliphatic carbocycles. The second-order valence-corrected chi connectivity index (χ2v) is 6.44. The van der Waals surface area contributed by atoms with Gasteiger partial charge in [-0.05, 0) is 48.9 Å². The zero-order valence-corrected chi connectivity index (χ0v) is 16.4. The minimum absolute atomic E-state index is 0.0286. The normalized spacial score (nSPS) is 11.1. The fraction of sp³-hybridized carbons (Fsp3) is 0.190. The van der Waals surface area contributed by atoms with Crippen LogP contribution in [0, 0.1) is 5.82 Å². The number of fused-ring (bicyclic) bond motifs is 1. The van der Waals surface area contributed by atoms with E-state index in [-0.39, 0.29) is 22.9 Å². The molecule has 0 atom stereocenters. The lowest BCUT2D eigenvalue weighted by atomic mass is 10.2. The van der Waals surface area contributed by atoms with E-state index in [0.29, 0.717) is 24.6 Å². The SMILES string of the molecule is CCOc1cc(CNc2ccc3nnc(-c4ccccc4F)n3n2)ccc1OC(F)F. The molecule has 31 heavy (non-hydrogen) atoms. The summed E-state index contributed by atoms with van der Waals surface area (Å²) in [4.78, 5) is 0. The second-order valence-electron chi connectivity index (χ2n) is 6.44. The number of benzene rings is 2. The molecular weight excluding hydrogens is 411 g/mol. The zero-order chi connectivity index (χ0) is 21.8. The number of aromatic nitrogens is 4. The van der Waals surface area contributed by atoms with Crippen LogP contribution in [0.1, 0.15) is 12.5 Å². The highest BCUT2D eigenvalue weighted by atomic mass is 19.3. The fourth-order valence-electron chi connectivity index (χ4n) is 3.01. The molecule has 0 aliphatic heterocycles. The van der Waals surface area contributed by atoms with Crippen LogP contribution in [0.3, 0.4) is 0 Å². The number of hydrogen-bond acceptors (Lipinski definition) is 6. The molecule has 2 aromatic carbocycles. The molecule has 0 amide bonds. The lowest BCUT2D eigenvalue weighted by molar-refractivity contribution is -0.0514. The molecule has 1 N–H and O–H groups in total. The van der Waals surface area contributed by atoms with Crippen molar-refractivity contribution in [1.82, 2.24) is 19.8 Å². The number of nitrogens with one attached hydrogen (secondary N) is 1. The predicted molar refractivity (Wildman–Crippen MR) is 108 cm³/mol. The van der Waals surface area contributed by atoms with Gasteiger partial charge >= 0.3 is 6.61 Å². The van der Waals surface area contributed by atoms with Crippen molar-refractivity contribution in [2.24, 2.45) is 0 Å². The van der Waals surface area contributed by atoms with E-state index in [1.54, 1.807) is 49.4 Å². The van der Waals surface area contributed by atoms with Crippen LogP contribution in [0.2, 0.25) is 0 Å². The molecule has 0 radical (unpaired) electrons. The fourth-order valence-corrected chi connectivity index (χ4v) is 3.01. The summed E-state index contributed by atoms with van der Waals surface area (Å²) >= 11 is 0. The quantitative estimate of drug-likeness (QED) is 0.443. The van der Waals surface area contributed by atoms with Crippen LogP contribution < -0.4 is 14.8 Å². The average Bonchev–Trinajstić information content (AvgIpc) is 3.17. The Labute approximate surface area is 175 Å². The van der Waals surface area contributed by atoms with Crippen molar-refractivity contribution in [3.05, 3.63) is 66.0 Å². The molecule has 0 bridgehead atoms. The molecule has 2 aromatic heterocycles. The van der Waals surface area contributed by atoms with Gasteiger partial charge in [0.15, 0.2) is 23.0 Å². The van der Waals surface area contributed by atoms with Gasteiger partial charge in [-0.3, -0.25) is 0 Å². The average molecular weight is 429 g/mol. The standard InChI is InChI=1S/C21H18F3N5O2/c1-2-30-17-11-13(7-8-16(17)31-21(23)24)12-25-18-9-10-19-26-27-20(29(19)28-18)14-5-3-4-6-15(14)22/h3-11,21H,2,12H2,1H3,(H,25,28). The number of rotatable bonds is 8. The van der Waals surface area contributed by atoms with Crippen LogP contribution in [-0.2, 0) is 6.54 Å². The third-order valence-corrected chi connectivity index (χ3v) is 4.38. The topological polar surface area (TPSA) is 73.6 Å². The zero-order valence-electron chi connectivity index (χ0n) is 16.4. The first-order valence-corrected chi connectivity index (χ1v) is 9.47. The third kappa shape index (κ3) is 4.52. The van der Waals surface area contributed by atoms with Crippen molar-refractivity contribution < 1.29 is 22.6 Å². The van der Waals surface area contributed by atoms with Gasteiger partial charge in [0, 0.05) is 6.54 Å². The highest BCUT2D eigenvalue weighted by Crippen LogP contribution is 2.30. The molecule has 160 valence electrons. The maximum absolute atomic E-state index is 14.2. The number of ether oxygens (including phenoxy) is 2. The molecule has 0 saturated heterocycles. The van der Waals surface area contributed by atoms with E-state index < -0.39 is 12.4 Å². The van der Waals surface area contributed by atoms with Crippen molar-refractivity contribution >= 4 is 11.5 Å². The summed E-state index contributed by atoms with van der Waals surface area (Å²) in [5, 5.41) is 15.6.